The van der Waals surface area contributed by atoms with Crippen LogP contribution in [0.15, 0.2) is 30.7 Å². The average Bonchev–Trinajstić information content (AvgIpc) is 3.28. The van der Waals surface area contributed by atoms with E-state index in [1.54, 1.807) is 18.6 Å². The molecule has 0 aliphatic heterocycles. The van der Waals surface area contributed by atoms with Crippen LogP contribution in [-0.2, 0) is 4.79 Å². The summed E-state index contributed by atoms with van der Waals surface area (Å²) in [7, 11) is 0. The lowest BCUT2D eigenvalue weighted by Crippen LogP contribution is -2.07. The fourth-order valence-electron chi connectivity index (χ4n) is 2.97. The second kappa shape index (κ2) is 5.40. The number of carbonyl (C=O) groups excluding carboxylic acids is 1. The summed E-state index contributed by atoms with van der Waals surface area (Å²) in [5, 5.41) is 2.67. The third-order valence-corrected chi connectivity index (χ3v) is 4.29. The minimum atomic E-state index is -0.334. The van der Waals surface area contributed by atoms with E-state index in [1.807, 2.05) is 17.6 Å². The van der Waals surface area contributed by atoms with Crippen molar-refractivity contribution in [2.24, 2.45) is 0 Å². The van der Waals surface area contributed by atoms with Crippen LogP contribution in [0.2, 0.25) is 0 Å². The maximum atomic E-state index is 14.5. The second-order valence-electron chi connectivity index (χ2n) is 6.27. The Balaban J connectivity index is 1.86. The molecule has 6 heteroatoms. The first-order valence-corrected chi connectivity index (χ1v) is 7.93. The van der Waals surface area contributed by atoms with Gasteiger partial charge in [-0.15, -0.1) is 0 Å². The molecule has 0 bridgehead atoms. The molecule has 1 aliphatic carbocycles. The van der Waals surface area contributed by atoms with Gasteiger partial charge in [-0.1, -0.05) is 0 Å². The first-order valence-electron chi connectivity index (χ1n) is 7.93. The highest BCUT2D eigenvalue weighted by Crippen LogP contribution is 2.38. The van der Waals surface area contributed by atoms with E-state index < -0.39 is 0 Å². The van der Waals surface area contributed by atoms with E-state index >= 15 is 0 Å². The van der Waals surface area contributed by atoms with E-state index in [4.69, 9.17) is 0 Å². The van der Waals surface area contributed by atoms with Crippen LogP contribution >= 0.6 is 0 Å². The molecule has 2 heterocycles. The Morgan fingerprint density at radius 1 is 1.29 bits per heavy atom. The number of fused-ring (bicyclic) bond motifs is 1. The Bertz CT molecular complexity index is 959. The molecule has 1 N–H and O–H groups in total. The van der Waals surface area contributed by atoms with Gasteiger partial charge < -0.3 is 9.88 Å². The quantitative estimate of drug-likeness (QED) is 0.796. The summed E-state index contributed by atoms with van der Waals surface area (Å²) in [6.45, 7) is 3.35. The lowest BCUT2D eigenvalue weighted by Gasteiger charge is -2.10. The third kappa shape index (κ3) is 2.54. The van der Waals surface area contributed by atoms with Gasteiger partial charge in [-0.05, 0) is 54.7 Å². The largest absolute Gasteiger partial charge is 0.327 e. The van der Waals surface area contributed by atoms with Gasteiger partial charge in [-0.2, -0.15) is 0 Å². The van der Waals surface area contributed by atoms with E-state index in [1.165, 1.54) is 13.0 Å². The molecular weight excluding hydrogens is 307 g/mol. The molecule has 0 atom stereocenters. The molecule has 2 aromatic heterocycles. The zero-order valence-corrected chi connectivity index (χ0v) is 13.5. The normalized spacial score (nSPS) is 14.1. The maximum absolute atomic E-state index is 14.5. The number of halogens is 1. The zero-order chi connectivity index (χ0) is 16.8. The topological polar surface area (TPSA) is 59.8 Å². The number of amides is 1. The van der Waals surface area contributed by atoms with Crippen molar-refractivity contribution in [2.75, 3.05) is 5.32 Å². The standard InChI is InChI=1S/C18H17FN4O/c1-10-8-20-17(22-11(2)24)7-14(10)12-5-15(19)18-16(6-12)23(9-21-18)13-3-4-13/h5-9,13H,3-4H2,1-2H3,(H,20,22,24). The van der Waals surface area contributed by atoms with Crippen molar-refractivity contribution in [1.29, 1.82) is 0 Å². The molecule has 1 fully saturated rings. The molecule has 0 unspecified atom stereocenters. The van der Waals surface area contributed by atoms with E-state index in [9.17, 15) is 9.18 Å². The second-order valence-corrected chi connectivity index (χ2v) is 6.27. The minimum Gasteiger partial charge on any atom is -0.327 e. The summed E-state index contributed by atoms with van der Waals surface area (Å²) in [6, 6.07) is 5.66. The lowest BCUT2D eigenvalue weighted by atomic mass is 10.0. The summed E-state index contributed by atoms with van der Waals surface area (Å²) in [6.07, 6.45) is 5.62. The minimum absolute atomic E-state index is 0.189. The predicted octanol–water partition coefficient (Wildman–Crippen LogP) is 3.84. The van der Waals surface area contributed by atoms with E-state index in [0.29, 0.717) is 17.4 Å². The highest BCUT2D eigenvalue weighted by molar-refractivity contribution is 5.89. The molecule has 122 valence electrons. The Hall–Kier alpha value is -2.76. The SMILES string of the molecule is CC(=O)Nc1cc(-c2cc(F)c3ncn(C4CC4)c3c2)c(C)cn1. The first kappa shape index (κ1) is 14.8. The van der Waals surface area contributed by atoms with Crippen molar-refractivity contribution in [3.8, 4) is 11.1 Å². The van der Waals surface area contributed by atoms with Gasteiger partial charge in [0.15, 0.2) is 5.82 Å². The monoisotopic (exact) mass is 324 g/mol. The molecule has 0 radical (unpaired) electrons. The number of pyridine rings is 1. The van der Waals surface area contributed by atoms with Crippen LogP contribution in [0.5, 0.6) is 0 Å². The van der Waals surface area contributed by atoms with E-state index in [2.05, 4.69) is 15.3 Å². The number of anilines is 1. The van der Waals surface area contributed by atoms with Gasteiger partial charge in [0.1, 0.15) is 11.3 Å². The molecule has 1 saturated carbocycles. The number of rotatable bonds is 3. The number of hydrogen-bond donors (Lipinski definition) is 1. The van der Waals surface area contributed by atoms with Crippen LogP contribution < -0.4 is 5.32 Å². The lowest BCUT2D eigenvalue weighted by molar-refractivity contribution is -0.114. The Morgan fingerprint density at radius 2 is 2.08 bits per heavy atom. The molecule has 0 spiro atoms. The van der Waals surface area contributed by atoms with Gasteiger partial charge in [-0.25, -0.2) is 14.4 Å². The molecule has 3 aromatic rings. The molecule has 4 rings (SSSR count). The molecule has 1 aromatic carbocycles. The third-order valence-electron chi connectivity index (χ3n) is 4.29. The number of imidazole rings is 1. The van der Waals surface area contributed by atoms with E-state index in [-0.39, 0.29) is 11.7 Å². The summed E-state index contributed by atoms with van der Waals surface area (Å²) < 4.78 is 16.6. The molecule has 24 heavy (non-hydrogen) atoms. The van der Waals surface area contributed by atoms with Crippen LogP contribution in [0.1, 0.15) is 31.4 Å². The van der Waals surface area contributed by atoms with Gasteiger partial charge in [0.2, 0.25) is 5.91 Å². The van der Waals surface area contributed by atoms with Gasteiger partial charge in [0.25, 0.3) is 0 Å². The molecule has 1 amide bonds. The summed E-state index contributed by atoms with van der Waals surface area (Å²) in [5.74, 6) is -0.0655. The van der Waals surface area contributed by atoms with Crippen LogP contribution in [0.4, 0.5) is 10.2 Å². The molecular formula is C18H17FN4O. The Kier molecular flexibility index (Phi) is 3.33. The van der Waals surface area contributed by atoms with Gasteiger partial charge in [0, 0.05) is 19.2 Å². The maximum Gasteiger partial charge on any atom is 0.222 e. The van der Waals surface area contributed by atoms with Crippen molar-refractivity contribution in [3.63, 3.8) is 0 Å². The van der Waals surface area contributed by atoms with Gasteiger partial charge in [-0.3, -0.25) is 4.79 Å². The van der Waals surface area contributed by atoms with Crippen molar-refractivity contribution in [2.45, 2.75) is 32.7 Å². The fourth-order valence-corrected chi connectivity index (χ4v) is 2.97. The van der Waals surface area contributed by atoms with Crippen LogP contribution in [0, 0.1) is 12.7 Å². The van der Waals surface area contributed by atoms with Crippen molar-refractivity contribution >= 4 is 22.8 Å². The molecule has 0 saturated heterocycles. The smallest absolute Gasteiger partial charge is 0.222 e. The number of carbonyl (C=O) groups is 1. The van der Waals surface area contributed by atoms with Gasteiger partial charge >= 0.3 is 0 Å². The van der Waals surface area contributed by atoms with Crippen LogP contribution in [-0.4, -0.2) is 20.4 Å². The number of benzene rings is 1. The summed E-state index contributed by atoms with van der Waals surface area (Å²) in [4.78, 5) is 19.6. The van der Waals surface area contributed by atoms with E-state index in [0.717, 1.165) is 35.0 Å². The summed E-state index contributed by atoms with van der Waals surface area (Å²) in [5.41, 5.74) is 3.73. The van der Waals surface area contributed by atoms with Crippen molar-refractivity contribution in [1.82, 2.24) is 14.5 Å². The van der Waals surface area contributed by atoms with Crippen molar-refractivity contribution < 1.29 is 9.18 Å². The Morgan fingerprint density at radius 3 is 2.79 bits per heavy atom. The van der Waals surface area contributed by atoms with Crippen LogP contribution in [0.25, 0.3) is 22.2 Å². The zero-order valence-electron chi connectivity index (χ0n) is 13.5. The number of nitrogens with zero attached hydrogens (tertiary/aromatic N) is 3. The molecule has 5 nitrogen and oxygen atoms in total. The first-order chi connectivity index (χ1) is 11.5. The van der Waals surface area contributed by atoms with Crippen LogP contribution in [0.3, 0.4) is 0 Å². The average molecular weight is 324 g/mol. The predicted molar refractivity (Wildman–Crippen MR) is 90.2 cm³/mol. The van der Waals surface area contributed by atoms with Crippen molar-refractivity contribution in [3.05, 3.63) is 42.1 Å². The number of aromatic nitrogens is 3. The summed E-state index contributed by atoms with van der Waals surface area (Å²) >= 11 is 0. The Labute approximate surface area is 138 Å². The fraction of sp³-hybridized carbons (Fsp3) is 0.278. The highest BCUT2D eigenvalue weighted by Gasteiger charge is 2.26. The van der Waals surface area contributed by atoms with Gasteiger partial charge in [0.05, 0.1) is 11.8 Å². The molecule has 1 aliphatic rings. The number of hydrogen-bond acceptors (Lipinski definition) is 3. The number of nitrogens with one attached hydrogen (secondary N) is 1. The number of aryl methyl sites for hydroxylation is 1. The highest BCUT2D eigenvalue weighted by atomic mass is 19.1.